The highest BCUT2D eigenvalue weighted by Gasteiger charge is 1.99. The second-order valence-electron chi connectivity index (χ2n) is 4.40. The second kappa shape index (κ2) is 7.54. The highest BCUT2D eigenvalue weighted by atomic mass is 16.5. The van der Waals surface area contributed by atoms with E-state index in [1.54, 1.807) is 0 Å². The first-order valence-electron chi connectivity index (χ1n) is 6.72. The Kier molecular flexibility index (Phi) is 5.38. The predicted octanol–water partition coefficient (Wildman–Crippen LogP) is 3.16. The third-order valence-corrected chi connectivity index (χ3v) is 2.73. The molecule has 3 heteroatoms. The van der Waals surface area contributed by atoms with Crippen molar-refractivity contribution in [1.29, 1.82) is 0 Å². The van der Waals surface area contributed by atoms with Crippen LogP contribution in [0.1, 0.15) is 24.7 Å². The molecule has 0 radical (unpaired) electrons. The number of rotatable bonds is 7. The molecular weight excluding hydrogens is 236 g/mol. The maximum Gasteiger partial charge on any atom is 0.130 e. The summed E-state index contributed by atoms with van der Waals surface area (Å²) in [5, 5.41) is 3.35. The van der Waals surface area contributed by atoms with Gasteiger partial charge in [0.2, 0.25) is 0 Å². The molecule has 2 rings (SSSR count). The summed E-state index contributed by atoms with van der Waals surface area (Å²) < 4.78 is 5.69. The lowest BCUT2D eigenvalue weighted by atomic mass is 10.3. The average molecular weight is 256 g/mol. The highest BCUT2D eigenvalue weighted by Crippen LogP contribution is 2.10. The first-order chi connectivity index (χ1) is 9.38. The standard InChI is InChI=1S/C16H20N2O/c1-2-11-17-12-14-7-6-8-15(18-14)13-19-16-9-4-3-5-10-16/h3-10,17H,2,11-13H2,1H3. The average Bonchev–Trinajstić information content (AvgIpc) is 2.47. The summed E-state index contributed by atoms with van der Waals surface area (Å²) in [6.07, 6.45) is 1.14. The summed E-state index contributed by atoms with van der Waals surface area (Å²) >= 11 is 0. The van der Waals surface area contributed by atoms with E-state index in [1.807, 2.05) is 48.5 Å². The van der Waals surface area contributed by atoms with E-state index in [4.69, 9.17) is 4.74 Å². The van der Waals surface area contributed by atoms with Gasteiger partial charge in [-0.15, -0.1) is 0 Å². The second-order valence-corrected chi connectivity index (χ2v) is 4.40. The Morgan fingerprint density at radius 3 is 2.58 bits per heavy atom. The Balaban J connectivity index is 1.88. The Morgan fingerprint density at radius 1 is 1.00 bits per heavy atom. The van der Waals surface area contributed by atoms with Gasteiger partial charge in [0.05, 0.1) is 11.4 Å². The molecule has 0 unspecified atom stereocenters. The van der Waals surface area contributed by atoms with Gasteiger partial charge in [-0.05, 0) is 37.2 Å². The van der Waals surface area contributed by atoms with Crippen LogP contribution < -0.4 is 10.1 Å². The van der Waals surface area contributed by atoms with Gasteiger partial charge in [-0.2, -0.15) is 0 Å². The molecule has 0 atom stereocenters. The topological polar surface area (TPSA) is 34.1 Å². The zero-order valence-electron chi connectivity index (χ0n) is 11.3. The molecule has 0 saturated carbocycles. The van der Waals surface area contributed by atoms with Crippen LogP contribution in [0.3, 0.4) is 0 Å². The van der Waals surface area contributed by atoms with Gasteiger partial charge in [0, 0.05) is 6.54 Å². The summed E-state index contributed by atoms with van der Waals surface area (Å²) in [6.45, 7) is 4.50. The maximum atomic E-state index is 5.69. The molecule has 0 amide bonds. The molecule has 1 aromatic carbocycles. The fourth-order valence-electron chi connectivity index (χ4n) is 1.78. The van der Waals surface area contributed by atoms with Crippen molar-refractivity contribution in [2.24, 2.45) is 0 Å². The summed E-state index contributed by atoms with van der Waals surface area (Å²) in [7, 11) is 0. The van der Waals surface area contributed by atoms with E-state index < -0.39 is 0 Å². The maximum absolute atomic E-state index is 5.69. The third kappa shape index (κ3) is 4.72. The minimum atomic E-state index is 0.506. The first kappa shape index (κ1) is 13.6. The number of ether oxygens (including phenoxy) is 1. The monoisotopic (exact) mass is 256 g/mol. The number of nitrogens with one attached hydrogen (secondary N) is 1. The van der Waals surface area contributed by atoms with Crippen LogP contribution in [0.4, 0.5) is 0 Å². The Labute approximate surface area is 114 Å². The van der Waals surface area contributed by atoms with E-state index in [0.29, 0.717) is 6.61 Å². The molecule has 3 nitrogen and oxygen atoms in total. The van der Waals surface area contributed by atoms with Crippen LogP contribution >= 0.6 is 0 Å². The van der Waals surface area contributed by atoms with E-state index >= 15 is 0 Å². The van der Waals surface area contributed by atoms with E-state index in [-0.39, 0.29) is 0 Å². The van der Waals surface area contributed by atoms with Gasteiger partial charge < -0.3 is 10.1 Å². The smallest absolute Gasteiger partial charge is 0.130 e. The van der Waals surface area contributed by atoms with Crippen molar-refractivity contribution in [2.75, 3.05) is 6.54 Å². The molecular formula is C16H20N2O. The van der Waals surface area contributed by atoms with Crippen LogP contribution in [-0.2, 0) is 13.2 Å². The van der Waals surface area contributed by atoms with E-state index in [0.717, 1.165) is 36.6 Å². The largest absolute Gasteiger partial charge is 0.487 e. The van der Waals surface area contributed by atoms with Crippen LogP contribution in [0.25, 0.3) is 0 Å². The van der Waals surface area contributed by atoms with Crippen LogP contribution in [-0.4, -0.2) is 11.5 Å². The van der Waals surface area contributed by atoms with Crippen molar-refractivity contribution in [3.8, 4) is 5.75 Å². The number of para-hydroxylation sites is 1. The van der Waals surface area contributed by atoms with Gasteiger partial charge in [-0.1, -0.05) is 31.2 Å². The zero-order chi connectivity index (χ0) is 13.3. The van der Waals surface area contributed by atoms with Gasteiger partial charge in [0.1, 0.15) is 12.4 Å². The SMILES string of the molecule is CCCNCc1cccc(COc2ccccc2)n1. The molecule has 100 valence electrons. The molecule has 19 heavy (non-hydrogen) atoms. The van der Waals surface area contributed by atoms with Crippen molar-refractivity contribution < 1.29 is 4.74 Å². The number of aromatic nitrogens is 1. The van der Waals surface area contributed by atoms with Gasteiger partial charge in [0.25, 0.3) is 0 Å². The molecule has 1 heterocycles. The summed E-state index contributed by atoms with van der Waals surface area (Å²) in [5.41, 5.74) is 2.02. The summed E-state index contributed by atoms with van der Waals surface area (Å²) in [6, 6.07) is 15.9. The minimum Gasteiger partial charge on any atom is -0.487 e. The Hall–Kier alpha value is -1.87. The number of nitrogens with zero attached hydrogens (tertiary/aromatic N) is 1. The van der Waals surface area contributed by atoms with Gasteiger partial charge in [-0.25, -0.2) is 0 Å². The first-order valence-corrected chi connectivity index (χ1v) is 6.72. The van der Waals surface area contributed by atoms with Crippen LogP contribution in [0.15, 0.2) is 48.5 Å². The molecule has 1 N–H and O–H groups in total. The molecule has 0 saturated heterocycles. The predicted molar refractivity (Wildman–Crippen MR) is 77.0 cm³/mol. The fraction of sp³-hybridized carbons (Fsp3) is 0.312. The number of hydrogen-bond acceptors (Lipinski definition) is 3. The normalized spacial score (nSPS) is 10.4. The van der Waals surface area contributed by atoms with Gasteiger partial charge in [-0.3, -0.25) is 4.98 Å². The highest BCUT2D eigenvalue weighted by molar-refractivity contribution is 5.21. The molecule has 0 spiro atoms. The summed E-state index contributed by atoms with van der Waals surface area (Å²) in [5.74, 6) is 0.874. The van der Waals surface area contributed by atoms with Crippen LogP contribution in [0, 0.1) is 0 Å². The number of hydrogen-bond donors (Lipinski definition) is 1. The van der Waals surface area contributed by atoms with Crippen molar-refractivity contribution in [3.05, 3.63) is 59.9 Å². The lowest BCUT2D eigenvalue weighted by Crippen LogP contribution is -2.15. The minimum absolute atomic E-state index is 0.506. The van der Waals surface area contributed by atoms with Crippen molar-refractivity contribution in [1.82, 2.24) is 10.3 Å². The Bertz CT molecular complexity index is 485. The van der Waals surface area contributed by atoms with Crippen molar-refractivity contribution in [3.63, 3.8) is 0 Å². The molecule has 0 bridgehead atoms. The molecule has 0 aliphatic heterocycles. The van der Waals surface area contributed by atoms with Crippen molar-refractivity contribution >= 4 is 0 Å². The Morgan fingerprint density at radius 2 is 1.79 bits per heavy atom. The zero-order valence-corrected chi connectivity index (χ0v) is 11.3. The lowest BCUT2D eigenvalue weighted by Gasteiger charge is -2.07. The van der Waals surface area contributed by atoms with Crippen LogP contribution in [0.2, 0.25) is 0 Å². The van der Waals surface area contributed by atoms with E-state index in [1.165, 1.54) is 0 Å². The quantitative estimate of drug-likeness (QED) is 0.773. The number of pyridine rings is 1. The molecule has 0 aliphatic rings. The van der Waals surface area contributed by atoms with Crippen molar-refractivity contribution in [2.45, 2.75) is 26.5 Å². The van der Waals surface area contributed by atoms with Gasteiger partial charge in [0.15, 0.2) is 0 Å². The lowest BCUT2D eigenvalue weighted by molar-refractivity contribution is 0.301. The molecule has 0 aliphatic carbocycles. The fourth-order valence-corrected chi connectivity index (χ4v) is 1.78. The molecule has 2 aromatic rings. The van der Waals surface area contributed by atoms with E-state index in [2.05, 4.69) is 17.2 Å². The van der Waals surface area contributed by atoms with Gasteiger partial charge >= 0.3 is 0 Å². The van der Waals surface area contributed by atoms with Crippen LogP contribution in [0.5, 0.6) is 5.75 Å². The van der Waals surface area contributed by atoms with E-state index in [9.17, 15) is 0 Å². The number of benzene rings is 1. The third-order valence-electron chi connectivity index (χ3n) is 2.73. The summed E-state index contributed by atoms with van der Waals surface area (Å²) in [4.78, 5) is 4.57. The molecule has 1 aromatic heterocycles. The molecule has 0 fully saturated rings.